The molecule has 1 aliphatic rings. The largest absolute Gasteiger partial charge is 0.497 e. The molecule has 1 atom stereocenters. The third-order valence-corrected chi connectivity index (χ3v) is 4.90. The maximum atomic E-state index is 12.5. The Kier molecular flexibility index (Phi) is 6.56. The molecule has 0 saturated carbocycles. The summed E-state index contributed by atoms with van der Waals surface area (Å²) in [6, 6.07) is 12.4. The van der Waals surface area contributed by atoms with Crippen LogP contribution < -0.4 is 19.7 Å². The second-order valence-corrected chi connectivity index (χ2v) is 6.91. The van der Waals surface area contributed by atoms with Crippen LogP contribution in [0.1, 0.15) is 12.0 Å². The van der Waals surface area contributed by atoms with Crippen LogP contribution in [-0.2, 0) is 19.1 Å². The Morgan fingerprint density at radius 2 is 1.90 bits per heavy atom. The number of aryl methyl sites for hydroxylation is 1. The predicted molar refractivity (Wildman–Crippen MR) is 111 cm³/mol. The molecule has 0 unspecified atom stereocenters. The molecular weight excluding hydrogens is 388 g/mol. The highest BCUT2D eigenvalue weighted by Crippen LogP contribution is 2.36. The fourth-order valence-electron chi connectivity index (χ4n) is 3.26. The van der Waals surface area contributed by atoms with Gasteiger partial charge < -0.3 is 24.4 Å². The molecule has 2 aromatic carbocycles. The molecule has 0 aromatic heterocycles. The van der Waals surface area contributed by atoms with E-state index >= 15 is 0 Å². The van der Waals surface area contributed by atoms with Crippen molar-refractivity contribution in [1.82, 2.24) is 0 Å². The molecule has 1 aliphatic heterocycles. The van der Waals surface area contributed by atoms with Crippen LogP contribution in [0.5, 0.6) is 11.5 Å². The first-order valence-electron chi connectivity index (χ1n) is 9.47. The molecular formula is C22H24N2O6. The molecule has 2 amide bonds. The van der Waals surface area contributed by atoms with E-state index in [1.54, 1.807) is 30.3 Å². The molecule has 30 heavy (non-hydrogen) atoms. The van der Waals surface area contributed by atoms with Gasteiger partial charge in [-0.1, -0.05) is 18.2 Å². The number of methoxy groups -OCH3 is 2. The van der Waals surface area contributed by atoms with Crippen LogP contribution in [0.2, 0.25) is 0 Å². The van der Waals surface area contributed by atoms with Gasteiger partial charge in [0.25, 0.3) is 5.91 Å². The zero-order valence-electron chi connectivity index (χ0n) is 17.1. The Balaban J connectivity index is 1.60. The predicted octanol–water partition coefficient (Wildman–Crippen LogP) is 2.55. The Hall–Kier alpha value is -3.55. The summed E-state index contributed by atoms with van der Waals surface area (Å²) in [6.07, 6.45) is -0.00138. The Bertz CT molecular complexity index is 958. The number of nitrogens with zero attached hydrogens (tertiary/aromatic N) is 1. The number of esters is 1. The summed E-state index contributed by atoms with van der Waals surface area (Å²) in [5.41, 5.74) is 2.08. The lowest BCUT2D eigenvalue weighted by molar-refractivity contribution is -0.151. The van der Waals surface area contributed by atoms with Crippen LogP contribution in [0.4, 0.5) is 11.4 Å². The number of anilines is 2. The number of hydrogen-bond donors (Lipinski definition) is 1. The summed E-state index contributed by atoms with van der Waals surface area (Å²) in [4.78, 5) is 38.5. The molecule has 8 nitrogen and oxygen atoms in total. The van der Waals surface area contributed by atoms with Gasteiger partial charge in [0.2, 0.25) is 5.91 Å². The van der Waals surface area contributed by atoms with Gasteiger partial charge in [0.05, 0.1) is 25.8 Å². The summed E-state index contributed by atoms with van der Waals surface area (Å²) < 4.78 is 15.7. The van der Waals surface area contributed by atoms with Crippen LogP contribution in [0.25, 0.3) is 0 Å². The highest BCUT2D eigenvalue weighted by molar-refractivity contribution is 6.01. The molecule has 8 heteroatoms. The third-order valence-electron chi connectivity index (χ3n) is 4.90. The van der Waals surface area contributed by atoms with E-state index in [4.69, 9.17) is 14.2 Å². The first kappa shape index (κ1) is 21.2. The lowest BCUT2D eigenvalue weighted by atomic mass is 10.1. The first-order chi connectivity index (χ1) is 14.4. The van der Waals surface area contributed by atoms with Crippen molar-refractivity contribution in [2.45, 2.75) is 13.3 Å². The van der Waals surface area contributed by atoms with E-state index in [2.05, 4.69) is 5.32 Å². The Labute approximate surface area is 174 Å². The number of benzene rings is 2. The molecule has 2 aromatic rings. The van der Waals surface area contributed by atoms with Crippen molar-refractivity contribution in [3.05, 3.63) is 48.0 Å². The average molecular weight is 412 g/mol. The van der Waals surface area contributed by atoms with E-state index in [0.29, 0.717) is 22.9 Å². The number of nitrogens with one attached hydrogen (secondary N) is 1. The number of hydrogen-bond acceptors (Lipinski definition) is 6. The number of ether oxygens (including phenoxy) is 3. The fraction of sp³-hybridized carbons (Fsp3) is 0.318. The summed E-state index contributed by atoms with van der Waals surface area (Å²) >= 11 is 0. The average Bonchev–Trinajstić information content (AvgIpc) is 3.14. The van der Waals surface area contributed by atoms with Crippen molar-refractivity contribution < 1.29 is 28.6 Å². The van der Waals surface area contributed by atoms with Gasteiger partial charge in [-0.25, -0.2) is 0 Å². The first-order valence-corrected chi connectivity index (χ1v) is 9.47. The lowest BCUT2D eigenvalue weighted by Crippen LogP contribution is -2.28. The number of para-hydroxylation sites is 1. The van der Waals surface area contributed by atoms with E-state index in [-0.39, 0.29) is 18.9 Å². The lowest BCUT2D eigenvalue weighted by Gasteiger charge is -2.20. The summed E-state index contributed by atoms with van der Waals surface area (Å²) in [5, 5.41) is 2.70. The minimum Gasteiger partial charge on any atom is -0.497 e. The minimum absolute atomic E-state index is 0.00138. The van der Waals surface area contributed by atoms with E-state index in [0.717, 1.165) is 5.56 Å². The number of amides is 2. The monoisotopic (exact) mass is 412 g/mol. The van der Waals surface area contributed by atoms with Crippen molar-refractivity contribution in [1.29, 1.82) is 0 Å². The van der Waals surface area contributed by atoms with Crippen molar-refractivity contribution in [2.75, 3.05) is 37.6 Å². The zero-order chi connectivity index (χ0) is 21.7. The number of rotatable bonds is 7. The second kappa shape index (κ2) is 9.30. The molecule has 0 bridgehead atoms. The van der Waals surface area contributed by atoms with Crippen LogP contribution in [-0.4, -0.2) is 45.2 Å². The summed E-state index contributed by atoms with van der Waals surface area (Å²) in [7, 11) is 3.03. The molecule has 1 saturated heterocycles. The van der Waals surface area contributed by atoms with Crippen LogP contribution >= 0.6 is 0 Å². The number of carbonyl (C=O) groups is 3. The topological polar surface area (TPSA) is 94.2 Å². The molecule has 0 radical (unpaired) electrons. The highest BCUT2D eigenvalue weighted by Gasteiger charge is 2.37. The quantitative estimate of drug-likeness (QED) is 0.703. The van der Waals surface area contributed by atoms with Gasteiger partial charge in [-0.3, -0.25) is 14.4 Å². The molecule has 1 heterocycles. The smallest absolute Gasteiger partial charge is 0.311 e. The number of carbonyl (C=O) groups excluding carboxylic acids is 3. The van der Waals surface area contributed by atoms with Gasteiger partial charge >= 0.3 is 5.97 Å². The molecule has 1 N–H and O–H groups in total. The zero-order valence-corrected chi connectivity index (χ0v) is 17.1. The SMILES string of the molecule is COc1ccc(OC)c(N2C[C@H](C(=O)OCC(=O)Nc3ccccc3C)CC2=O)c1. The molecule has 1 fully saturated rings. The van der Waals surface area contributed by atoms with E-state index in [1.807, 2.05) is 19.1 Å². The Morgan fingerprint density at radius 1 is 1.13 bits per heavy atom. The van der Waals surface area contributed by atoms with Crippen LogP contribution in [0.15, 0.2) is 42.5 Å². The standard InChI is InChI=1S/C22H24N2O6/c1-14-6-4-5-7-17(14)23-20(25)13-30-22(27)15-10-21(26)24(12-15)18-11-16(28-2)8-9-19(18)29-3/h4-9,11,15H,10,12-13H2,1-3H3,(H,23,25)/t15-/m1/s1. The van der Waals surface area contributed by atoms with Crippen molar-refractivity contribution in [3.63, 3.8) is 0 Å². The van der Waals surface area contributed by atoms with Gasteiger partial charge in [0.15, 0.2) is 6.61 Å². The van der Waals surface area contributed by atoms with Gasteiger partial charge in [0.1, 0.15) is 11.5 Å². The fourth-order valence-corrected chi connectivity index (χ4v) is 3.26. The summed E-state index contributed by atoms with van der Waals surface area (Å²) in [6.45, 7) is 1.59. The van der Waals surface area contributed by atoms with Gasteiger partial charge in [0, 0.05) is 24.7 Å². The molecule has 0 aliphatic carbocycles. The van der Waals surface area contributed by atoms with Crippen molar-refractivity contribution in [3.8, 4) is 11.5 Å². The van der Waals surface area contributed by atoms with Gasteiger partial charge in [-0.15, -0.1) is 0 Å². The van der Waals surface area contributed by atoms with Gasteiger partial charge in [-0.2, -0.15) is 0 Å². The molecule has 3 rings (SSSR count). The summed E-state index contributed by atoms with van der Waals surface area (Å²) in [5.74, 6) is -0.859. The molecule has 0 spiro atoms. The Morgan fingerprint density at radius 3 is 2.60 bits per heavy atom. The van der Waals surface area contributed by atoms with Gasteiger partial charge in [-0.05, 0) is 30.7 Å². The van der Waals surface area contributed by atoms with Crippen LogP contribution in [0, 0.1) is 12.8 Å². The second-order valence-electron chi connectivity index (χ2n) is 6.91. The van der Waals surface area contributed by atoms with Crippen molar-refractivity contribution >= 4 is 29.2 Å². The minimum atomic E-state index is -0.667. The van der Waals surface area contributed by atoms with Crippen molar-refractivity contribution in [2.24, 2.45) is 5.92 Å². The van der Waals surface area contributed by atoms with E-state index in [1.165, 1.54) is 19.1 Å². The normalized spacial score (nSPS) is 15.6. The third kappa shape index (κ3) is 4.71. The highest BCUT2D eigenvalue weighted by atomic mass is 16.5. The van der Waals surface area contributed by atoms with E-state index < -0.39 is 24.4 Å². The maximum Gasteiger partial charge on any atom is 0.311 e. The van der Waals surface area contributed by atoms with E-state index in [9.17, 15) is 14.4 Å². The molecule has 158 valence electrons. The maximum absolute atomic E-state index is 12.5. The van der Waals surface area contributed by atoms with Crippen LogP contribution in [0.3, 0.4) is 0 Å².